The van der Waals surface area contributed by atoms with Crippen LogP contribution in [0.4, 0.5) is 0 Å². The first-order valence-corrected chi connectivity index (χ1v) is 17.1. The summed E-state index contributed by atoms with van der Waals surface area (Å²) in [5.74, 6) is 0.138. The highest BCUT2D eigenvalue weighted by atomic mass is 127. The second-order valence-corrected chi connectivity index (χ2v) is 13.6. The Hall–Kier alpha value is -3.51. The van der Waals surface area contributed by atoms with Crippen LogP contribution in [-0.2, 0) is 16.1 Å². The third-order valence-electron chi connectivity index (χ3n) is 7.11. The molecule has 0 bridgehead atoms. The van der Waals surface area contributed by atoms with Crippen LogP contribution in [0.25, 0.3) is 11.8 Å². The normalized spacial score (nSPS) is 14.6. The van der Waals surface area contributed by atoms with Crippen molar-refractivity contribution in [2.45, 2.75) is 19.6 Å². The standard InChI is InChI=1S/C35H25BrClIN2O4S/c1-2-43-34(42)29-30(22-9-5-3-6-10-22)39-35-40(31(29)23-11-7-4-8-12-23)33(41)28(45-35)18-24-17-25(36)19-27(38)32(24)44-20-21-13-15-26(37)16-14-21/h3-19,31H,2,20H2,1H3/b28-18-/t31-/m1/s1. The van der Waals surface area contributed by atoms with Crippen molar-refractivity contribution < 1.29 is 14.3 Å². The van der Waals surface area contributed by atoms with E-state index in [1.807, 2.05) is 103 Å². The first-order chi connectivity index (χ1) is 21.8. The van der Waals surface area contributed by atoms with E-state index in [1.165, 1.54) is 11.3 Å². The number of thiazole rings is 1. The van der Waals surface area contributed by atoms with Gasteiger partial charge in [0.15, 0.2) is 4.80 Å². The molecule has 0 spiro atoms. The Labute approximate surface area is 290 Å². The maximum atomic E-state index is 14.3. The number of benzene rings is 4. The van der Waals surface area contributed by atoms with Crippen molar-refractivity contribution in [1.29, 1.82) is 0 Å². The molecule has 1 aromatic heterocycles. The van der Waals surface area contributed by atoms with E-state index in [2.05, 4.69) is 38.5 Å². The fourth-order valence-electron chi connectivity index (χ4n) is 5.11. The van der Waals surface area contributed by atoms with Gasteiger partial charge in [0, 0.05) is 20.6 Å². The number of fused-ring (bicyclic) bond motifs is 1. The van der Waals surface area contributed by atoms with Gasteiger partial charge in [0.05, 0.1) is 32.0 Å². The van der Waals surface area contributed by atoms with Gasteiger partial charge in [0.1, 0.15) is 12.4 Å². The Morgan fingerprint density at radius 3 is 2.42 bits per heavy atom. The van der Waals surface area contributed by atoms with Gasteiger partial charge < -0.3 is 9.47 Å². The summed E-state index contributed by atoms with van der Waals surface area (Å²) in [6.45, 7) is 2.28. The van der Waals surface area contributed by atoms with Crippen LogP contribution < -0.4 is 19.6 Å². The van der Waals surface area contributed by atoms with Crippen molar-refractivity contribution in [3.05, 3.63) is 158 Å². The molecular weight excluding hydrogens is 787 g/mol. The molecule has 1 aliphatic rings. The van der Waals surface area contributed by atoms with Gasteiger partial charge in [-0.25, -0.2) is 9.79 Å². The molecule has 1 atom stereocenters. The van der Waals surface area contributed by atoms with Crippen LogP contribution >= 0.6 is 61.5 Å². The molecule has 0 saturated carbocycles. The third-order valence-corrected chi connectivity index (χ3v) is 9.60. The van der Waals surface area contributed by atoms with Gasteiger partial charge >= 0.3 is 5.97 Å². The number of nitrogens with zero attached hydrogens (tertiary/aromatic N) is 2. The number of aromatic nitrogens is 1. The summed E-state index contributed by atoms with van der Waals surface area (Å²) in [5, 5.41) is 0.656. The van der Waals surface area contributed by atoms with E-state index < -0.39 is 12.0 Å². The van der Waals surface area contributed by atoms with E-state index in [1.54, 1.807) is 11.5 Å². The zero-order valence-corrected chi connectivity index (χ0v) is 29.2. The van der Waals surface area contributed by atoms with Gasteiger partial charge in [-0.05, 0) is 71.0 Å². The van der Waals surface area contributed by atoms with E-state index in [9.17, 15) is 9.59 Å². The van der Waals surface area contributed by atoms with Crippen molar-refractivity contribution in [2.75, 3.05) is 6.61 Å². The number of hydrogen-bond acceptors (Lipinski definition) is 6. The summed E-state index contributed by atoms with van der Waals surface area (Å²) in [7, 11) is 0. The van der Waals surface area contributed by atoms with E-state index in [0.29, 0.717) is 38.0 Å². The van der Waals surface area contributed by atoms with Gasteiger partial charge in [-0.15, -0.1) is 0 Å². The van der Waals surface area contributed by atoms with Crippen molar-refractivity contribution in [2.24, 2.45) is 4.99 Å². The lowest BCUT2D eigenvalue weighted by atomic mass is 9.93. The van der Waals surface area contributed by atoms with E-state index in [-0.39, 0.29) is 12.2 Å². The number of ether oxygens (including phenoxy) is 2. The van der Waals surface area contributed by atoms with Crippen LogP contribution in [0.1, 0.15) is 35.2 Å². The summed E-state index contributed by atoms with van der Waals surface area (Å²) < 4.78 is 15.6. The van der Waals surface area contributed by atoms with Gasteiger partial charge in [-0.3, -0.25) is 9.36 Å². The SMILES string of the molecule is CCOC(=O)C1=C(c2ccccc2)N=c2s/c(=C\c3cc(Br)cc(I)c3OCc3ccc(Cl)cc3)c(=O)n2[C@@H]1c1ccccc1. The molecule has 0 aliphatic carbocycles. The molecule has 10 heteroatoms. The van der Waals surface area contributed by atoms with Gasteiger partial charge in [-0.1, -0.05) is 112 Å². The molecule has 0 N–H and O–H groups in total. The second-order valence-electron chi connectivity index (χ2n) is 10.1. The van der Waals surface area contributed by atoms with Crippen LogP contribution in [0.15, 0.2) is 117 Å². The quantitative estimate of drug-likeness (QED) is 0.120. The lowest BCUT2D eigenvalue weighted by Crippen LogP contribution is -2.40. The average molecular weight is 812 g/mol. The summed E-state index contributed by atoms with van der Waals surface area (Å²) in [6.07, 6.45) is 1.83. The third kappa shape index (κ3) is 6.72. The van der Waals surface area contributed by atoms with Crippen molar-refractivity contribution >= 4 is 79.2 Å². The molecule has 6 nitrogen and oxygen atoms in total. The highest BCUT2D eigenvalue weighted by Crippen LogP contribution is 2.35. The number of carbonyl (C=O) groups is 1. The van der Waals surface area contributed by atoms with Crippen LogP contribution in [0.2, 0.25) is 5.02 Å². The highest BCUT2D eigenvalue weighted by molar-refractivity contribution is 14.1. The summed E-state index contributed by atoms with van der Waals surface area (Å²) in [5.41, 5.74) is 3.78. The molecule has 45 heavy (non-hydrogen) atoms. The zero-order chi connectivity index (χ0) is 31.5. The van der Waals surface area contributed by atoms with Crippen LogP contribution in [0.3, 0.4) is 0 Å². The van der Waals surface area contributed by atoms with Gasteiger partial charge in [-0.2, -0.15) is 0 Å². The minimum absolute atomic E-state index is 0.191. The van der Waals surface area contributed by atoms with E-state index in [0.717, 1.165) is 30.3 Å². The van der Waals surface area contributed by atoms with Gasteiger partial charge in [0.25, 0.3) is 5.56 Å². The van der Waals surface area contributed by atoms with Crippen LogP contribution in [0, 0.1) is 3.57 Å². The maximum Gasteiger partial charge on any atom is 0.338 e. The molecule has 5 aromatic rings. The highest BCUT2D eigenvalue weighted by Gasteiger charge is 2.35. The minimum Gasteiger partial charge on any atom is -0.487 e. The lowest BCUT2D eigenvalue weighted by Gasteiger charge is -2.25. The van der Waals surface area contributed by atoms with Crippen LogP contribution in [-0.4, -0.2) is 17.1 Å². The Morgan fingerprint density at radius 2 is 1.73 bits per heavy atom. The first-order valence-electron chi connectivity index (χ1n) is 14.0. The Kier molecular flexibility index (Phi) is 9.70. The topological polar surface area (TPSA) is 69.9 Å². The van der Waals surface area contributed by atoms with Crippen molar-refractivity contribution in [3.8, 4) is 5.75 Å². The second kappa shape index (κ2) is 13.9. The largest absolute Gasteiger partial charge is 0.487 e. The van der Waals surface area contributed by atoms with E-state index in [4.69, 9.17) is 26.1 Å². The Balaban J connectivity index is 1.54. The predicted octanol–water partition coefficient (Wildman–Crippen LogP) is 7.54. The van der Waals surface area contributed by atoms with Crippen molar-refractivity contribution in [1.82, 2.24) is 4.57 Å². The smallest absolute Gasteiger partial charge is 0.338 e. The molecule has 0 fully saturated rings. The molecule has 1 aliphatic heterocycles. The first kappa shape index (κ1) is 31.5. The number of esters is 1. The van der Waals surface area contributed by atoms with Crippen molar-refractivity contribution in [3.63, 3.8) is 0 Å². The predicted molar refractivity (Wildman–Crippen MR) is 190 cm³/mol. The summed E-state index contributed by atoms with van der Waals surface area (Å²) >= 11 is 13.2. The van der Waals surface area contributed by atoms with Gasteiger partial charge in [0.2, 0.25) is 0 Å². The lowest BCUT2D eigenvalue weighted by molar-refractivity contribution is -0.138. The number of hydrogen-bond donors (Lipinski definition) is 0. The molecule has 0 radical (unpaired) electrons. The molecule has 0 saturated heterocycles. The summed E-state index contributed by atoms with van der Waals surface area (Å²) in [6, 6.07) is 29.7. The average Bonchev–Trinajstić information content (AvgIpc) is 3.35. The monoisotopic (exact) mass is 810 g/mol. The fraction of sp³-hybridized carbons (Fsp3) is 0.114. The maximum absolute atomic E-state index is 14.3. The van der Waals surface area contributed by atoms with Crippen LogP contribution in [0.5, 0.6) is 5.75 Å². The Morgan fingerprint density at radius 1 is 1.04 bits per heavy atom. The number of halogens is 3. The molecule has 4 aromatic carbocycles. The number of carbonyl (C=O) groups excluding carboxylic acids is 1. The molecule has 6 rings (SSSR count). The van der Waals surface area contributed by atoms with E-state index >= 15 is 0 Å². The summed E-state index contributed by atoms with van der Waals surface area (Å²) in [4.78, 5) is 33.3. The molecule has 0 amide bonds. The zero-order valence-electron chi connectivity index (χ0n) is 23.9. The molecular formula is C35H25BrClIN2O4S. The molecule has 0 unspecified atom stereocenters. The minimum atomic E-state index is -0.734. The molecule has 226 valence electrons. The fourth-order valence-corrected chi connectivity index (χ4v) is 7.93. The molecule has 2 heterocycles. The Bertz CT molecular complexity index is 2100. The number of rotatable bonds is 8.